The van der Waals surface area contributed by atoms with Crippen LogP contribution in [0.3, 0.4) is 0 Å². The molecule has 2 amide bonds. The molecule has 2 rings (SSSR count). The molecule has 0 aliphatic carbocycles. The van der Waals surface area contributed by atoms with Crippen LogP contribution in [0, 0.1) is 0 Å². The number of benzene rings is 2. The lowest BCUT2D eigenvalue weighted by Crippen LogP contribution is -2.25. The molecule has 0 fully saturated rings. The zero-order valence-electron chi connectivity index (χ0n) is 12.5. The van der Waals surface area contributed by atoms with Crippen molar-refractivity contribution in [1.29, 1.82) is 0 Å². The van der Waals surface area contributed by atoms with E-state index in [0.29, 0.717) is 11.3 Å². The fourth-order valence-electron chi connectivity index (χ4n) is 1.84. The van der Waals surface area contributed by atoms with Crippen molar-refractivity contribution < 1.29 is 19.1 Å². The normalized spacial score (nSPS) is 9.78. The lowest BCUT2D eigenvalue weighted by molar-refractivity contribution is -0.123. The predicted octanol–water partition coefficient (Wildman–Crippen LogP) is 1.84. The van der Waals surface area contributed by atoms with Crippen molar-refractivity contribution in [3.63, 3.8) is 0 Å². The van der Waals surface area contributed by atoms with Crippen LogP contribution >= 0.6 is 0 Å². The average Bonchev–Trinajstić information content (AvgIpc) is 2.60. The second kappa shape index (κ2) is 7.74. The van der Waals surface area contributed by atoms with Crippen molar-refractivity contribution in [2.24, 2.45) is 0 Å². The van der Waals surface area contributed by atoms with E-state index in [-0.39, 0.29) is 18.1 Å². The van der Waals surface area contributed by atoms with Crippen LogP contribution in [0.15, 0.2) is 54.6 Å². The predicted molar refractivity (Wildman–Crippen MR) is 85.2 cm³/mol. The third-order valence-electron chi connectivity index (χ3n) is 3.04. The maximum Gasteiger partial charge on any atom is 0.340 e. The molecular formula is C17H16N2O4. The van der Waals surface area contributed by atoms with Crippen LogP contribution < -0.4 is 10.6 Å². The number of nitrogens with one attached hydrogen (secondary N) is 2. The van der Waals surface area contributed by atoms with Gasteiger partial charge in [0.1, 0.15) is 0 Å². The lowest BCUT2D eigenvalue weighted by atomic mass is 10.1. The van der Waals surface area contributed by atoms with Crippen molar-refractivity contribution in [3.8, 4) is 0 Å². The van der Waals surface area contributed by atoms with Crippen molar-refractivity contribution in [2.45, 2.75) is 0 Å². The first-order valence-electron chi connectivity index (χ1n) is 6.95. The maximum atomic E-state index is 12.2. The summed E-state index contributed by atoms with van der Waals surface area (Å²) in [5, 5.41) is 5.02. The summed E-state index contributed by atoms with van der Waals surface area (Å²) in [4.78, 5) is 35.4. The van der Waals surface area contributed by atoms with Crippen molar-refractivity contribution in [3.05, 3.63) is 65.7 Å². The molecule has 6 nitrogen and oxygen atoms in total. The molecule has 2 aromatic carbocycles. The number of amides is 2. The third kappa shape index (κ3) is 4.41. The SMILES string of the molecule is CNC(=O)COC(=O)c1ccccc1NC(=O)c1ccccc1. The monoisotopic (exact) mass is 312 g/mol. The molecular weight excluding hydrogens is 296 g/mol. The minimum absolute atomic E-state index is 0.181. The zero-order chi connectivity index (χ0) is 16.7. The van der Waals surface area contributed by atoms with Gasteiger partial charge >= 0.3 is 5.97 Å². The van der Waals surface area contributed by atoms with Crippen molar-refractivity contribution >= 4 is 23.5 Å². The number of ether oxygens (including phenoxy) is 1. The molecule has 2 aromatic rings. The highest BCUT2D eigenvalue weighted by atomic mass is 16.5. The summed E-state index contributed by atoms with van der Waals surface area (Å²) in [6.07, 6.45) is 0. The molecule has 0 aliphatic heterocycles. The van der Waals surface area contributed by atoms with Gasteiger partial charge in [0.05, 0.1) is 11.3 Å². The smallest absolute Gasteiger partial charge is 0.340 e. The van der Waals surface area contributed by atoms with Gasteiger partial charge in [-0.3, -0.25) is 9.59 Å². The number of likely N-dealkylation sites (N-methyl/N-ethyl adjacent to an activating group) is 1. The van der Waals surface area contributed by atoms with E-state index in [1.54, 1.807) is 48.5 Å². The number of carbonyl (C=O) groups excluding carboxylic acids is 3. The fraction of sp³-hybridized carbons (Fsp3) is 0.118. The molecule has 23 heavy (non-hydrogen) atoms. The van der Waals surface area contributed by atoms with E-state index in [4.69, 9.17) is 4.74 Å². The quantitative estimate of drug-likeness (QED) is 0.825. The molecule has 118 valence electrons. The summed E-state index contributed by atoms with van der Waals surface area (Å²) < 4.78 is 4.91. The number of rotatable bonds is 5. The van der Waals surface area contributed by atoms with Gasteiger partial charge in [-0.1, -0.05) is 30.3 Å². The topological polar surface area (TPSA) is 84.5 Å². The number of anilines is 1. The number of carbonyl (C=O) groups is 3. The number of para-hydroxylation sites is 1. The summed E-state index contributed by atoms with van der Waals surface area (Å²) in [6.45, 7) is -0.379. The average molecular weight is 312 g/mol. The van der Waals surface area contributed by atoms with Crippen LogP contribution in [0.5, 0.6) is 0 Å². The highest BCUT2D eigenvalue weighted by Gasteiger charge is 2.16. The summed E-state index contributed by atoms with van der Waals surface area (Å²) in [5.41, 5.74) is 0.977. The first-order chi connectivity index (χ1) is 11.1. The van der Waals surface area contributed by atoms with Crippen molar-refractivity contribution in [1.82, 2.24) is 5.32 Å². The van der Waals surface area contributed by atoms with Gasteiger partial charge in [-0.25, -0.2) is 4.79 Å². The molecule has 0 saturated heterocycles. The Hall–Kier alpha value is -3.15. The molecule has 0 spiro atoms. The van der Waals surface area contributed by atoms with Crippen LogP contribution in [-0.2, 0) is 9.53 Å². The lowest BCUT2D eigenvalue weighted by Gasteiger charge is -2.10. The molecule has 6 heteroatoms. The Balaban J connectivity index is 2.13. The zero-order valence-corrected chi connectivity index (χ0v) is 12.5. The molecule has 0 radical (unpaired) electrons. The molecule has 0 atom stereocenters. The molecule has 0 bridgehead atoms. The Morgan fingerprint density at radius 3 is 2.30 bits per heavy atom. The van der Waals surface area contributed by atoms with Crippen LogP contribution in [0.1, 0.15) is 20.7 Å². The Labute approximate surface area is 133 Å². The van der Waals surface area contributed by atoms with E-state index in [2.05, 4.69) is 10.6 Å². The van der Waals surface area contributed by atoms with Gasteiger partial charge in [-0.05, 0) is 24.3 Å². The standard InChI is InChI=1S/C17H16N2O4/c1-18-15(20)11-23-17(22)13-9-5-6-10-14(13)19-16(21)12-7-3-2-4-8-12/h2-10H,11H2,1H3,(H,18,20)(H,19,21). The highest BCUT2D eigenvalue weighted by Crippen LogP contribution is 2.17. The van der Waals surface area contributed by atoms with Gasteiger partial charge in [-0.15, -0.1) is 0 Å². The molecule has 0 aromatic heterocycles. The second-order valence-corrected chi connectivity index (χ2v) is 4.62. The minimum Gasteiger partial charge on any atom is -0.452 e. The van der Waals surface area contributed by atoms with Gasteiger partial charge in [0.25, 0.3) is 11.8 Å². The van der Waals surface area contributed by atoms with E-state index in [9.17, 15) is 14.4 Å². The maximum absolute atomic E-state index is 12.2. The number of hydrogen-bond donors (Lipinski definition) is 2. The van der Waals surface area contributed by atoms with Crippen LogP contribution in [0.25, 0.3) is 0 Å². The van der Waals surface area contributed by atoms with E-state index < -0.39 is 11.9 Å². The van der Waals surface area contributed by atoms with E-state index in [1.165, 1.54) is 13.1 Å². The molecule has 0 heterocycles. The summed E-state index contributed by atoms with van der Waals surface area (Å²) >= 11 is 0. The van der Waals surface area contributed by atoms with E-state index >= 15 is 0 Å². The molecule has 0 aliphatic rings. The number of hydrogen-bond acceptors (Lipinski definition) is 4. The second-order valence-electron chi connectivity index (χ2n) is 4.62. The summed E-state index contributed by atoms with van der Waals surface area (Å²) in [7, 11) is 1.45. The number of esters is 1. The Morgan fingerprint density at radius 2 is 1.61 bits per heavy atom. The fourth-order valence-corrected chi connectivity index (χ4v) is 1.84. The van der Waals surface area contributed by atoms with E-state index in [0.717, 1.165) is 0 Å². The largest absolute Gasteiger partial charge is 0.452 e. The Bertz CT molecular complexity index is 714. The van der Waals surface area contributed by atoms with Gasteiger partial charge in [0.2, 0.25) is 0 Å². The molecule has 0 unspecified atom stereocenters. The first-order valence-corrected chi connectivity index (χ1v) is 6.95. The van der Waals surface area contributed by atoms with Crippen LogP contribution in [0.4, 0.5) is 5.69 Å². The van der Waals surface area contributed by atoms with Crippen molar-refractivity contribution in [2.75, 3.05) is 19.0 Å². The molecule has 2 N–H and O–H groups in total. The van der Waals surface area contributed by atoms with Crippen LogP contribution in [-0.4, -0.2) is 31.4 Å². The van der Waals surface area contributed by atoms with Gasteiger partial charge in [-0.2, -0.15) is 0 Å². The highest BCUT2D eigenvalue weighted by molar-refractivity contribution is 6.08. The Morgan fingerprint density at radius 1 is 0.957 bits per heavy atom. The third-order valence-corrected chi connectivity index (χ3v) is 3.04. The minimum atomic E-state index is -0.683. The Kier molecular flexibility index (Phi) is 5.46. The van der Waals surface area contributed by atoms with E-state index in [1.807, 2.05) is 0 Å². The van der Waals surface area contributed by atoms with Gasteiger partial charge in [0, 0.05) is 12.6 Å². The van der Waals surface area contributed by atoms with Crippen LogP contribution in [0.2, 0.25) is 0 Å². The van der Waals surface area contributed by atoms with Gasteiger partial charge < -0.3 is 15.4 Å². The summed E-state index contributed by atoms with van der Waals surface area (Å²) in [5.74, 6) is -1.43. The first kappa shape index (κ1) is 16.2. The van der Waals surface area contributed by atoms with Gasteiger partial charge in [0.15, 0.2) is 6.61 Å². The summed E-state index contributed by atoms with van der Waals surface area (Å²) in [6, 6.07) is 15.1. The molecule has 0 saturated carbocycles.